The van der Waals surface area contributed by atoms with Crippen LogP contribution < -0.4 is 0 Å². The molecule has 0 N–H and O–H groups in total. The molecule has 1 saturated heterocycles. The Hall–Kier alpha value is -1.44. The predicted molar refractivity (Wildman–Crippen MR) is 120 cm³/mol. The van der Waals surface area contributed by atoms with Crippen molar-refractivity contribution in [2.45, 2.75) is 88.6 Å². The molecule has 1 fully saturated rings. The second-order valence-electron chi connectivity index (χ2n) is 9.17. The molecule has 1 aromatic rings. The Morgan fingerprint density at radius 2 is 1.52 bits per heavy atom. The third-order valence-corrected chi connectivity index (χ3v) is 14.4. The predicted octanol–water partition coefficient (Wildman–Crippen LogP) is 5.03. The molecule has 0 spiro atoms. The topological polar surface area (TPSA) is 63.7 Å². The summed E-state index contributed by atoms with van der Waals surface area (Å²) in [6, 6.07) is 6.52. The van der Waals surface area contributed by atoms with Gasteiger partial charge in [0.2, 0.25) is 8.32 Å². The van der Waals surface area contributed by atoms with Crippen molar-refractivity contribution in [3.8, 4) is 0 Å². The monoisotopic (exact) mass is 437 g/mol. The van der Waals surface area contributed by atoms with E-state index in [4.69, 9.17) is 4.43 Å². The highest BCUT2D eigenvalue weighted by atomic mass is 32.2. The summed E-state index contributed by atoms with van der Waals surface area (Å²) in [6.07, 6.45) is 0.699. The molecule has 162 valence electrons. The molecule has 1 aromatic carbocycles. The summed E-state index contributed by atoms with van der Waals surface area (Å²) in [5, 5.41) is 0. The van der Waals surface area contributed by atoms with Crippen molar-refractivity contribution in [3.63, 3.8) is 0 Å². The van der Waals surface area contributed by atoms with Crippen LogP contribution >= 0.6 is 0 Å². The van der Waals surface area contributed by atoms with Crippen LogP contribution in [0.15, 0.2) is 41.8 Å². The minimum absolute atomic E-state index is 0.100. The van der Waals surface area contributed by atoms with Crippen LogP contribution in [-0.4, -0.2) is 38.6 Å². The fourth-order valence-electron chi connectivity index (χ4n) is 4.80. The average molecular weight is 438 g/mol. The number of hydrogen-bond acceptors (Lipinski definition) is 4. The molecule has 1 amide bonds. The molecule has 0 unspecified atom stereocenters. The molecule has 1 aliphatic rings. The Bertz CT molecular complexity index is 855. The number of carbonyl (C=O) groups excluding carboxylic acids is 1. The van der Waals surface area contributed by atoms with Gasteiger partial charge in [0.05, 0.1) is 4.90 Å². The van der Waals surface area contributed by atoms with Crippen molar-refractivity contribution < 1.29 is 17.6 Å². The summed E-state index contributed by atoms with van der Waals surface area (Å²) in [5.41, 5.74) is 0.692. The highest BCUT2D eigenvalue weighted by Crippen LogP contribution is 2.48. The van der Waals surface area contributed by atoms with Crippen molar-refractivity contribution in [3.05, 3.63) is 42.5 Å². The van der Waals surface area contributed by atoms with Gasteiger partial charge < -0.3 is 4.43 Å². The second kappa shape index (κ2) is 8.00. The number of carbonyl (C=O) groups is 1. The quantitative estimate of drug-likeness (QED) is 0.325. The van der Waals surface area contributed by atoms with E-state index in [1.807, 2.05) is 6.92 Å². The Kier molecular flexibility index (Phi) is 6.58. The third-order valence-electron chi connectivity index (χ3n) is 6.39. The van der Waals surface area contributed by atoms with E-state index in [2.05, 4.69) is 48.1 Å². The lowest BCUT2D eigenvalue weighted by Gasteiger charge is -2.56. The van der Waals surface area contributed by atoms with Crippen LogP contribution in [0, 0.1) is 6.92 Å². The summed E-state index contributed by atoms with van der Waals surface area (Å²) in [5.74, 6) is -0.508. The van der Waals surface area contributed by atoms with Gasteiger partial charge in [0.1, 0.15) is 5.54 Å². The number of aryl methyl sites for hydroxylation is 1. The zero-order chi connectivity index (χ0) is 22.4. The molecule has 0 aromatic heterocycles. The Balaban J connectivity index is 2.48. The lowest BCUT2D eigenvalue weighted by atomic mass is 9.86. The minimum Gasteiger partial charge on any atom is -0.402 e. The summed E-state index contributed by atoms with van der Waals surface area (Å²) in [4.78, 5) is 13.3. The molecule has 29 heavy (non-hydrogen) atoms. The standard InChI is InChI=1S/C22H35NO4SSi/c1-10-22(9)20(27-29(15(2)3,16(4)5)17(6)7)21(24)23(22)28(25,26)19-13-11-18(8)12-14-19/h10-17,20H,1H2,2-9H3/t20-,22-/m0/s1. The van der Waals surface area contributed by atoms with E-state index < -0.39 is 35.9 Å². The summed E-state index contributed by atoms with van der Waals surface area (Å²) in [6.45, 7) is 20.3. The van der Waals surface area contributed by atoms with E-state index in [-0.39, 0.29) is 21.5 Å². The minimum atomic E-state index is -3.99. The number of nitrogens with zero attached hydrogens (tertiary/aromatic N) is 1. The number of rotatable bonds is 8. The van der Waals surface area contributed by atoms with Crippen LogP contribution in [0.1, 0.15) is 54.0 Å². The maximum Gasteiger partial charge on any atom is 0.267 e. The fraction of sp³-hybridized carbons (Fsp3) is 0.591. The van der Waals surface area contributed by atoms with Crippen molar-refractivity contribution in [2.75, 3.05) is 0 Å². The fourth-order valence-corrected chi connectivity index (χ4v) is 12.1. The summed E-state index contributed by atoms with van der Waals surface area (Å²) >= 11 is 0. The van der Waals surface area contributed by atoms with E-state index in [1.54, 1.807) is 19.1 Å². The number of β-lactam (4-membered cyclic amide) rings is 1. The van der Waals surface area contributed by atoms with Gasteiger partial charge in [-0.15, -0.1) is 6.58 Å². The molecule has 1 aliphatic heterocycles. The summed E-state index contributed by atoms with van der Waals surface area (Å²) in [7, 11) is -6.36. The normalized spacial score (nSPS) is 23.1. The first kappa shape index (κ1) is 23.8. The molecular weight excluding hydrogens is 402 g/mol. The zero-order valence-electron chi connectivity index (χ0n) is 18.9. The highest BCUT2D eigenvalue weighted by molar-refractivity contribution is 7.89. The lowest BCUT2D eigenvalue weighted by molar-refractivity contribution is -0.160. The Morgan fingerprint density at radius 1 is 1.07 bits per heavy atom. The van der Waals surface area contributed by atoms with Gasteiger partial charge in [-0.25, -0.2) is 12.7 Å². The van der Waals surface area contributed by atoms with Crippen molar-refractivity contribution in [2.24, 2.45) is 0 Å². The van der Waals surface area contributed by atoms with Gasteiger partial charge in [-0.1, -0.05) is 65.3 Å². The van der Waals surface area contributed by atoms with E-state index >= 15 is 0 Å². The van der Waals surface area contributed by atoms with Gasteiger partial charge >= 0.3 is 0 Å². The SMILES string of the molecule is C=C[C@@]1(C)[C@@H](O[Si](C(C)C)(C(C)C)C(C)C)C(=O)N1S(=O)(=O)c1ccc(C)cc1. The van der Waals surface area contributed by atoms with Gasteiger partial charge in [-0.3, -0.25) is 4.79 Å². The number of benzene rings is 1. The molecule has 1 heterocycles. The van der Waals surface area contributed by atoms with E-state index in [1.165, 1.54) is 18.2 Å². The van der Waals surface area contributed by atoms with Crippen molar-refractivity contribution in [1.82, 2.24) is 4.31 Å². The van der Waals surface area contributed by atoms with Crippen LogP contribution in [0.3, 0.4) is 0 Å². The van der Waals surface area contributed by atoms with Crippen LogP contribution in [0.4, 0.5) is 0 Å². The average Bonchev–Trinajstić information content (AvgIpc) is 2.61. The molecular formula is C22H35NO4SSi. The van der Waals surface area contributed by atoms with Crippen LogP contribution in [0.2, 0.25) is 16.6 Å². The highest BCUT2D eigenvalue weighted by Gasteiger charge is 2.64. The molecule has 5 nitrogen and oxygen atoms in total. The molecule has 7 heteroatoms. The number of hydrogen-bond donors (Lipinski definition) is 0. The van der Waals surface area contributed by atoms with Crippen molar-refractivity contribution >= 4 is 24.2 Å². The van der Waals surface area contributed by atoms with E-state index in [0.717, 1.165) is 9.87 Å². The number of amides is 1. The first-order chi connectivity index (χ1) is 13.3. The third kappa shape index (κ3) is 3.62. The van der Waals surface area contributed by atoms with E-state index in [9.17, 15) is 13.2 Å². The maximum atomic E-state index is 13.2. The zero-order valence-corrected chi connectivity index (χ0v) is 20.7. The smallest absolute Gasteiger partial charge is 0.267 e. The van der Waals surface area contributed by atoms with E-state index in [0.29, 0.717) is 0 Å². The van der Waals surface area contributed by atoms with Crippen LogP contribution in [0.5, 0.6) is 0 Å². The molecule has 2 rings (SSSR count). The molecule has 0 saturated carbocycles. The van der Waals surface area contributed by atoms with Gasteiger partial charge in [0.15, 0.2) is 6.10 Å². The summed E-state index contributed by atoms with van der Waals surface area (Å²) < 4.78 is 34.1. The van der Waals surface area contributed by atoms with Gasteiger partial charge in [-0.05, 0) is 42.6 Å². The second-order valence-corrected chi connectivity index (χ2v) is 16.4. The Labute approximate surface area is 177 Å². The largest absolute Gasteiger partial charge is 0.402 e. The maximum absolute atomic E-state index is 13.2. The van der Waals surface area contributed by atoms with Gasteiger partial charge in [0.25, 0.3) is 15.9 Å². The molecule has 0 bridgehead atoms. The Morgan fingerprint density at radius 3 is 1.90 bits per heavy atom. The van der Waals surface area contributed by atoms with Crippen LogP contribution in [0.25, 0.3) is 0 Å². The molecule has 2 atom stereocenters. The molecule has 0 aliphatic carbocycles. The first-order valence-electron chi connectivity index (χ1n) is 10.2. The lowest BCUT2D eigenvalue weighted by Crippen LogP contribution is -2.76. The van der Waals surface area contributed by atoms with Crippen molar-refractivity contribution in [1.29, 1.82) is 0 Å². The number of sulfonamides is 1. The van der Waals surface area contributed by atoms with Gasteiger partial charge in [0, 0.05) is 0 Å². The van der Waals surface area contributed by atoms with Crippen LogP contribution in [-0.2, 0) is 19.2 Å². The first-order valence-corrected chi connectivity index (χ1v) is 13.8. The van der Waals surface area contributed by atoms with Gasteiger partial charge in [-0.2, -0.15) is 0 Å². The molecule has 0 radical (unpaired) electrons.